The van der Waals surface area contributed by atoms with Crippen molar-refractivity contribution >= 4 is 17.9 Å². The highest BCUT2D eigenvalue weighted by Gasteiger charge is 2.19. The molecule has 0 aliphatic carbocycles. The molecule has 0 bridgehead atoms. The first kappa shape index (κ1) is 73.6. The Balaban J connectivity index is 4.22. The van der Waals surface area contributed by atoms with E-state index in [2.05, 4.69) is 57.2 Å². The third-order valence-electron chi connectivity index (χ3n) is 15.3. The minimum absolute atomic E-state index is 0.0731. The summed E-state index contributed by atoms with van der Waals surface area (Å²) in [5.41, 5.74) is 0. The fourth-order valence-corrected chi connectivity index (χ4v) is 10.2. The molecule has 6 nitrogen and oxygen atoms in total. The normalized spacial score (nSPS) is 12.2. The molecule has 0 saturated heterocycles. The number of hydrogen-bond acceptors (Lipinski definition) is 6. The van der Waals surface area contributed by atoms with Crippen LogP contribution in [-0.4, -0.2) is 37.2 Å². The molecule has 0 aromatic rings. The van der Waals surface area contributed by atoms with Crippen LogP contribution in [0.2, 0.25) is 0 Å². The van der Waals surface area contributed by atoms with Gasteiger partial charge in [0.2, 0.25) is 0 Å². The number of carbonyl (C=O) groups excluding carboxylic acids is 3. The Morgan fingerprint density at radius 2 is 0.500 bits per heavy atom. The number of hydrogen-bond donors (Lipinski definition) is 0. The number of unbranched alkanes of at least 4 members (excludes halogenated alkanes) is 46. The van der Waals surface area contributed by atoms with E-state index in [-0.39, 0.29) is 31.1 Å². The van der Waals surface area contributed by atoms with Crippen LogP contribution in [0.15, 0.2) is 36.5 Å². The Kier molecular flexibility index (Phi) is 63.1. The summed E-state index contributed by atoms with van der Waals surface area (Å²) in [6, 6.07) is 0. The average Bonchev–Trinajstić information content (AvgIpc) is 3.42. The zero-order chi connectivity index (χ0) is 55.0. The molecule has 6 heteroatoms. The molecule has 0 N–H and O–H groups in total. The van der Waals surface area contributed by atoms with E-state index in [1.165, 1.54) is 250 Å². The first-order valence-corrected chi connectivity index (χ1v) is 34.0. The predicted molar refractivity (Wildman–Crippen MR) is 330 cm³/mol. The van der Waals surface area contributed by atoms with Gasteiger partial charge in [-0.15, -0.1) is 0 Å². The Morgan fingerprint density at radius 1 is 0.263 bits per heavy atom. The Morgan fingerprint density at radius 3 is 0.789 bits per heavy atom. The zero-order valence-electron chi connectivity index (χ0n) is 51.3. The van der Waals surface area contributed by atoms with Gasteiger partial charge in [-0.2, -0.15) is 0 Å². The van der Waals surface area contributed by atoms with E-state index < -0.39 is 6.10 Å². The Bertz CT molecular complexity index is 1270. The maximum atomic E-state index is 12.9. The summed E-state index contributed by atoms with van der Waals surface area (Å²) in [6.07, 6.45) is 80.3. The van der Waals surface area contributed by atoms with Crippen molar-refractivity contribution in [3.8, 4) is 0 Å². The van der Waals surface area contributed by atoms with E-state index in [1.807, 2.05) is 0 Å². The van der Waals surface area contributed by atoms with Crippen molar-refractivity contribution in [3.05, 3.63) is 36.5 Å². The fraction of sp³-hybridized carbons (Fsp3) is 0.871. The van der Waals surface area contributed by atoms with Crippen LogP contribution in [0.4, 0.5) is 0 Å². The third kappa shape index (κ3) is 62.5. The highest BCUT2D eigenvalue weighted by Crippen LogP contribution is 2.18. The summed E-state index contributed by atoms with van der Waals surface area (Å²) < 4.78 is 16.9. The van der Waals surface area contributed by atoms with Crippen LogP contribution in [0.5, 0.6) is 0 Å². The SMILES string of the molecule is CCC/C=C\C/C=C\CCCCCCCC(=O)OCC(COC(=O)CCCCCCCCCCCCCCCCCCCCCCCCCCCC)OC(=O)CCCCCCCCCCC/C=C\CCCCCCCC. The van der Waals surface area contributed by atoms with Gasteiger partial charge in [-0.3, -0.25) is 14.4 Å². The molecule has 0 fully saturated rings. The van der Waals surface area contributed by atoms with Gasteiger partial charge < -0.3 is 14.2 Å². The van der Waals surface area contributed by atoms with Gasteiger partial charge in [0.15, 0.2) is 6.10 Å². The second kappa shape index (κ2) is 65.2. The van der Waals surface area contributed by atoms with Crippen LogP contribution >= 0.6 is 0 Å². The second-order valence-corrected chi connectivity index (χ2v) is 23.1. The standard InChI is InChI=1S/C70H130O6/c1-4-7-10-13-16-19-22-25-27-29-31-32-33-34-35-36-37-39-40-42-45-48-51-54-57-60-63-69(72)75-66-67(65-74-68(71)62-59-56-53-50-47-44-24-21-18-15-12-9-6-3)76-70(73)64-61-58-55-52-49-46-43-41-38-30-28-26-23-20-17-14-11-8-5-2/h12,15,21,24,26,28,67H,4-11,13-14,16-20,22-23,25,27,29-66H2,1-3H3/b15-12-,24-21-,28-26-. The molecule has 0 saturated carbocycles. The van der Waals surface area contributed by atoms with Gasteiger partial charge in [0, 0.05) is 19.3 Å². The maximum Gasteiger partial charge on any atom is 0.306 e. The molecule has 0 heterocycles. The molecule has 1 atom stereocenters. The van der Waals surface area contributed by atoms with Crippen molar-refractivity contribution < 1.29 is 28.6 Å². The lowest BCUT2D eigenvalue weighted by Crippen LogP contribution is -2.30. The Labute approximate surface area is 474 Å². The lowest BCUT2D eigenvalue weighted by molar-refractivity contribution is -0.167. The van der Waals surface area contributed by atoms with Gasteiger partial charge in [0.25, 0.3) is 0 Å². The minimum atomic E-state index is -0.777. The third-order valence-corrected chi connectivity index (χ3v) is 15.3. The van der Waals surface area contributed by atoms with Crippen LogP contribution in [0.1, 0.15) is 374 Å². The molecule has 446 valence electrons. The molecule has 0 radical (unpaired) electrons. The van der Waals surface area contributed by atoms with Crippen molar-refractivity contribution in [2.45, 2.75) is 380 Å². The van der Waals surface area contributed by atoms with Gasteiger partial charge in [-0.25, -0.2) is 0 Å². The summed E-state index contributed by atoms with van der Waals surface area (Å²) in [5.74, 6) is -0.865. The van der Waals surface area contributed by atoms with Crippen molar-refractivity contribution in [2.24, 2.45) is 0 Å². The van der Waals surface area contributed by atoms with E-state index in [0.717, 1.165) is 83.5 Å². The fourth-order valence-electron chi connectivity index (χ4n) is 10.2. The highest BCUT2D eigenvalue weighted by molar-refractivity contribution is 5.71. The summed E-state index contributed by atoms with van der Waals surface area (Å²) >= 11 is 0. The minimum Gasteiger partial charge on any atom is -0.462 e. The van der Waals surface area contributed by atoms with Crippen molar-refractivity contribution in [2.75, 3.05) is 13.2 Å². The van der Waals surface area contributed by atoms with Crippen molar-refractivity contribution in [1.82, 2.24) is 0 Å². The first-order chi connectivity index (χ1) is 37.5. The van der Waals surface area contributed by atoms with Gasteiger partial charge in [0.05, 0.1) is 0 Å². The molecule has 0 aliphatic heterocycles. The second-order valence-electron chi connectivity index (χ2n) is 23.1. The molecule has 1 unspecified atom stereocenters. The van der Waals surface area contributed by atoms with E-state index in [1.54, 1.807) is 0 Å². The van der Waals surface area contributed by atoms with E-state index in [0.29, 0.717) is 19.3 Å². The molecule has 0 aromatic heterocycles. The average molecular weight is 1070 g/mol. The highest BCUT2D eigenvalue weighted by atomic mass is 16.6. The number of allylic oxidation sites excluding steroid dienone is 6. The molecule has 0 aliphatic rings. The van der Waals surface area contributed by atoms with Gasteiger partial charge in [-0.05, 0) is 70.6 Å². The number of esters is 3. The summed E-state index contributed by atoms with van der Waals surface area (Å²) in [6.45, 7) is 6.63. The Hall–Kier alpha value is -2.37. The molecule has 0 spiro atoms. The van der Waals surface area contributed by atoms with Crippen molar-refractivity contribution in [1.29, 1.82) is 0 Å². The zero-order valence-corrected chi connectivity index (χ0v) is 51.3. The predicted octanol–water partition coefficient (Wildman–Crippen LogP) is 23.2. The van der Waals surface area contributed by atoms with Gasteiger partial charge >= 0.3 is 17.9 Å². The summed E-state index contributed by atoms with van der Waals surface area (Å²) in [4.78, 5) is 38.3. The molecule has 0 aromatic carbocycles. The van der Waals surface area contributed by atoms with Crippen LogP contribution in [0, 0.1) is 0 Å². The smallest absolute Gasteiger partial charge is 0.306 e. The van der Waals surface area contributed by atoms with E-state index in [4.69, 9.17) is 14.2 Å². The summed E-state index contributed by atoms with van der Waals surface area (Å²) in [5, 5.41) is 0. The molecular weight excluding hydrogens is 937 g/mol. The molecular formula is C70H130O6. The number of ether oxygens (including phenoxy) is 3. The van der Waals surface area contributed by atoms with Gasteiger partial charge in [-0.1, -0.05) is 320 Å². The topological polar surface area (TPSA) is 78.9 Å². The lowest BCUT2D eigenvalue weighted by Gasteiger charge is -2.18. The molecule has 0 amide bonds. The number of carbonyl (C=O) groups is 3. The van der Waals surface area contributed by atoms with Gasteiger partial charge in [0.1, 0.15) is 13.2 Å². The van der Waals surface area contributed by atoms with E-state index >= 15 is 0 Å². The molecule has 0 rings (SSSR count). The lowest BCUT2D eigenvalue weighted by atomic mass is 10.0. The van der Waals surface area contributed by atoms with Crippen LogP contribution in [0.3, 0.4) is 0 Å². The van der Waals surface area contributed by atoms with Crippen molar-refractivity contribution in [3.63, 3.8) is 0 Å². The first-order valence-electron chi connectivity index (χ1n) is 34.0. The van der Waals surface area contributed by atoms with Crippen LogP contribution < -0.4 is 0 Å². The quantitative estimate of drug-likeness (QED) is 0.0261. The monoisotopic (exact) mass is 1070 g/mol. The molecule has 76 heavy (non-hydrogen) atoms. The van der Waals surface area contributed by atoms with Crippen LogP contribution in [0.25, 0.3) is 0 Å². The summed E-state index contributed by atoms with van der Waals surface area (Å²) in [7, 11) is 0. The maximum absolute atomic E-state index is 12.9. The van der Waals surface area contributed by atoms with Crippen LogP contribution in [-0.2, 0) is 28.6 Å². The largest absolute Gasteiger partial charge is 0.462 e. The number of rotatable bonds is 63. The van der Waals surface area contributed by atoms with E-state index in [9.17, 15) is 14.4 Å².